The van der Waals surface area contributed by atoms with Gasteiger partial charge in [-0.15, -0.1) is 0 Å². The van der Waals surface area contributed by atoms with Crippen molar-refractivity contribution in [3.05, 3.63) is 30.4 Å². The second-order valence-corrected chi connectivity index (χ2v) is 10.1. The molecule has 5 heteroatoms. The highest BCUT2D eigenvalue weighted by Crippen LogP contribution is 2.63. The Morgan fingerprint density at radius 1 is 1.29 bits per heavy atom. The number of carbonyl (C=O) groups is 1. The molecule has 0 amide bonds. The van der Waals surface area contributed by atoms with Crippen LogP contribution < -0.4 is 0 Å². The summed E-state index contributed by atoms with van der Waals surface area (Å²) in [6.45, 7) is 2.79. The van der Waals surface area contributed by atoms with Crippen molar-refractivity contribution in [3.8, 4) is 0 Å². The minimum absolute atomic E-state index is 0.0969. The van der Waals surface area contributed by atoms with Crippen LogP contribution in [0.25, 0.3) is 0 Å². The minimum Gasteiger partial charge on any atom is -0.361 e. The normalized spacial score (nSPS) is 45.0. The predicted octanol–water partition coefficient (Wildman–Crippen LogP) is 4.30. The van der Waals surface area contributed by atoms with Gasteiger partial charge < -0.3 is 9.67 Å². The first kappa shape index (κ1) is 18.5. The van der Waals surface area contributed by atoms with Crippen molar-refractivity contribution in [1.82, 2.24) is 9.55 Å². The molecule has 152 valence electrons. The third kappa shape index (κ3) is 2.89. The van der Waals surface area contributed by atoms with Crippen molar-refractivity contribution < 1.29 is 14.3 Å². The Morgan fingerprint density at radius 2 is 2.14 bits per heavy atom. The fourth-order valence-corrected chi connectivity index (χ4v) is 7.45. The van der Waals surface area contributed by atoms with Crippen LogP contribution in [0.4, 0.5) is 4.39 Å². The second kappa shape index (κ2) is 6.51. The molecule has 0 aliphatic heterocycles. The Morgan fingerprint density at radius 3 is 2.93 bits per heavy atom. The van der Waals surface area contributed by atoms with Crippen molar-refractivity contribution in [3.63, 3.8) is 0 Å². The van der Waals surface area contributed by atoms with E-state index in [0.29, 0.717) is 36.0 Å². The summed E-state index contributed by atoms with van der Waals surface area (Å²) in [4.78, 5) is 17.2. The Labute approximate surface area is 166 Å². The predicted molar refractivity (Wildman–Crippen MR) is 104 cm³/mol. The SMILES string of the molecule is C[C@]12CC[C@H]3[C@@H](CC=C4C[C@@](O)(F)CC[C@@H]43)[C@@H]1CC[C@@H]2C(=O)Cn1ccnc1. The van der Waals surface area contributed by atoms with Gasteiger partial charge in [0.05, 0.1) is 12.9 Å². The molecule has 0 radical (unpaired) electrons. The largest absolute Gasteiger partial charge is 0.361 e. The van der Waals surface area contributed by atoms with Gasteiger partial charge in [0.15, 0.2) is 5.78 Å². The maximum absolute atomic E-state index is 14.1. The summed E-state index contributed by atoms with van der Waals surface area (Å²) in [7, 11) is 0. The number of hydrogen-bond donors (Lipinski definition) is 1. The van der Waals surface area contributed by atoms with Gasteiger partial charge in [0, 0.05) is 31.2 Å². The molecule has 1 N–H and O–H groups in total. The number of aromatic nitrogens is 2. The first-order valence-electron chi connectivity index (χ1n) is 11.0. The first-order valence-corrected chi connectivity index (χ1v) is 11.0. The molecular formula is C23H31FN2O2. The number of ketones is 1. The first-order chi connectivity index (χ1) is 13.4. The molecule has 1 aromatic heterocycles. The van der Waals surface area contributed by atoms with Gasteiger partial charge in [0.2, 0.25) is 5.85 Å². The van der Waals surface area contributed by atoms with Gasteiger partial charge in [-0.25, -0.2) is 9.37 Å². The molecule has 3 fully saturated rings. The van der Waals surface area contributed by atoms with Crippen LogP contribution in [0.1, 0.15) is 58.3 Å². The summed E-state index contributed by atoms with van der Waals surface area (Å²) in [5.74, 6) is 0.756. The van der Waals surface area contributed by atoms with Gasteiger partial charge >= 0.3 is 0 Å². The number of halogens is 1. The maximum Gasteiger partial charge on any atom is 0.210 e. The van der Waals surface area contributed by atoms with E-state index in [0.717, 1.165) is 44.1 Å². The fraction of sp³-hybridized carbons (Fsp3) is 0.739. The van der Waals surface area contributed by atoms with Crippen LogP contribution in [0, 0.1) is 35.0 Å². The number of aliphatic hydroxyl groups is 1. The van der Waals surface area contributed by atoms with E-state index >= 15 is 0 Å². The number of carbonyl (C=O) groups excluding carboxylic acids is 1. The summed E-state index contributed by atoms with van der Waals surface area (Å²) >= 11 is 0. The highest BCUT2D eigenvalue weighted by atomic mass is 19.2. The van der Waals surface area contributed by atoms with Gasteiger partial charge in [0.25, 0.3) is 0 Å². The van der Waals surface area contributed by atoms with Crippen molar-refractivity contribution in [2.45, 2.75) is 70.7 Å². The van der Waals surface area contributed by atoms with Crippen molar-refractivity contribution in [2.75, 3.05) is 0 Å². The molecule has 0 unspecified atom stereocenters. The van der Waals surface area contributed by atoms with Crippen LogP contribution in [0.5, 0.6) is 0 Å². The standard InChI is InChI=1S/C23H31FN2O2/c1-22-8-6-17-16-7-9-23(24,28)12-15(16)2-3-18(17)19(22)4-5-20(22)21(27)13-26-11-10-25-14-26/h2,10-11,14,16-20,28H,3-9,12-13H2,1H3/t16-,17+,18+,19-,20+,22-,23+/m0/s1. The maximum atomic E-state index is 14.1. The number of allylic oxidation sites excluding steroid dienone is 1. The van der Waals surface area contributed by atoms with E-state index in [1.54, 1.807) is 12.5 Å². The van der Waals surface area contributed by atoms with Crippen molar-refractivity contribution in [1.29, 1.82) is 0 Å². The molecule has 28 heavy (non-hydrogen) atoms. The Bertz CT molecular complexity index is 787. The zero-order chi connectivity index (χ0) is 19.5. The molecule has 4 aliphatic rings. The van der Waals surface area contributed by atoms with E-state index in [4.69, 9.17) is 0 Å². The molecule has 7 atom stereocenters. The average molecular weight is 387 g/mol. The molecule has 3 saturated carbocycles. The number of rotatable bonds is 3. The van der Waals surface area contributed by atoms with E-state index < -0.39 is 5.85 Å². The molecule has 1 aromatic rings. The van der Waals surface area contributed by atoms with Gasteiger partial charge in [-0.3, -0.25) is 4.79 Å². The summed E-state index contributed by atoms with van der Waals surface area (Å²) in [6, 6.07) is 0. The zero-order valence-electron chi connectivity index (χ0n) is 16.7. The van der Waals surface area contributed by atoms with Crippen LogP contribution >= 0.6 is 0 Å². The molecular weight excluding hydrogens is 355 g/mol. The molecule has 0 bridgehead atoms. The van der Waals surface area contributed by atoms with Crippen LogP contribution in [0.2, 0.25) is 0 Å². The Hall–Kier alpha value is -1.49. The monoisotopic (exact) mass is 386 g/mol. The lowest BCUT2D eigenvalue weighted by molar-refractivity contribution is -0.131. The molecule has 5 rings (SSSR count). The number of nitrogens with zero attached hydrogens (tertiary/aromatic N) is 2. The van der Waals surface area contributed by atoms with Crippen LogP contribution in [0.15, 0.2) is 30.4 Å². The molecule has 4 aliphatic carbocycles. The smallest absolute Gasteiger partial charge is 0.210 e. The van der Waals surface area contributed by atoms with Gasteiger partial charge in [-0.1, -0.05) is 18.6 Å². The molecule has 0 spiro atoms. The lowest BCUT2D eigenvalue weighted by Crippen LogP contribution is -2.48. The lowest BCUT2D eigenvalue weighted by Gasteiger charge is -2.53. The van der Waals surface area contributed by atoms with Gasteiger partial charge in [-0.05, 0) is 67.6 Å². The number of imidazole rings is 1. The Kier molecular flexibility index (Phi) is 4.31. The summed E-state index contributed by atoms with van der Waals surface area (Å²) < 4.78 is 16.0. The third-order valence-corrected chi connectivity index (χ3v) is 8.74. The van der Waals surface area contributed by atoms with E-state index in [2.05, 4.69) is 18.0 Å². The molecule has 4 nitrogen and oxygen atoms in total. The molecule has 0 aromatic carbocycles. The van der Waals surface area contributed by atoms with Gasteiger partial charge in [-0.2, -0.15) is 0 Å². The van der Waals surface area contributed by atoms with E-state index in [-0.39, 0.29) is 24.2 Å². The Balaban J connectivity index is 1.35. The number of alkyl halides is 1. The minimum atomic E-state index is -2.00. The molecule has 0 saturated heterocycles. The van der Waals surface area contributed by atoms with Gasteiger partial charge in [0.1, 0.15) is 0 Å². The summed E-state index contributed by atoms with van der Waals surface area (Å²) in [6.07, 6.45) is 14.2. The average Bonchev–Trinajstić information content (AvgIpc) is 3.27. The van der Waals surface area contributed by atoms with Crippen molar-refractivity contribution in [2.24, 2.45) is 35.0 Å². The van der Waals surface area contributed by atoms with Crippen LogP contribution in [0.3, 0.4) is 0 Å². The quantitative estimate of drug-likeness (QED) is 0.788. The second-order valence-electron chi connectivity index (χ2n) is 10.1. The summed E-state index contributed by atoms with van der Waals surface area (Å²) in [5, 5.41) is 9.85. The lowest BCUT2D eigenvalue weighted by atomic mass is 9.51. The van der Waals surface area contributed by atoms with E-state index in [1.165, 1.54) is 0 Å². The van der Waals surface area contributed by atoms with Crippen molar-refractivity contribution >= 4 is 5.78 Å². The highest BCUT2D eigenvalue weighted by Gasteiger charge is 2.57. The number of hydrogen-bond acceptors (Lipinski definition) is 3. The van der Waals surface area contributed by atoms with E-state index in [9.17, 15) is 14.3 Å². The number of Topliss-reactive ketones (excluding diaryl/α,β-unsaturated/α-hetero) is 1. The topological polar surface area (TPSA) is 55.1 Å². The summed E-state index contributed by atoms with van der Waals surface area (Å²) in [5.41, 5.74) is 1.26. The highest BCUT2D eigenvalue weighted by molar-refractivity contribution is 5.82. The third-order valence-electron chi connectivity index (χ3n) is 8.74. The van der Waals surface area contributed by atoms with E-state index in [1.807, 2.05) is 10.8 Å². The number of fused-ring (bicyclic) bond motifs is 5. The van der Waals surface area contributed by atoms with Crippen LogP contribution in [-0.4, -0.2) is 26.3 Å². The fourth-order valence-electron chi connectivity index (χ4n) is 7.45. The zero-order valence-corrected chi connectivity index (χ0v) is 16.7. The molecule has 1 heterocycles. The van der Waals surface area contributed by atoms with Crippen LogP contribution in [-0.2, 0) is 11.3 Å².